The first-order valence-corrected chi connectivity index (χ1v) is 12.4. The lowest BCUT2D eigenvalue weighted by Gasteiger charge is -2.26. The predicted molar refractivity (Wildman–Crippen MR) is 125 cm³/mol. The van der Waals surface area contributed by atoms with Crippen LogP contribution < -0.4 is 10.5 Å². The summed E-state index contributed by atoms with van der Waals surface area (Å²) in [7, 11) is -4.06. The van der Waals surface area contributed by atoms with E-state index in [0.717, 1.165) is 56.7 Å². The maximum atomic E-state index is 11.6. The van der Waals surface area contributed by atoms with E-state index < -0.39 is 10.2 Å². The number of nitrogens with zero attached hydrogens (tertiary/aromatic N) is 5. The molecule has 0 aliphatic carbocycles. The molecule has 4 heterocycles. The Balaban J connectivity index is 1.40. The van der Waals surface area contributed by atoms with Crippen LogP contribution in [0, 0.1) is 0 Å². The molecule has 0 unspecified atom stereocenters. The number of aromatic amines is 2. The number of nitrogens with two attached hydrogens (primary N) is 1. The van der Waals surface area contributed by atoms with E-state index in [1.165, 1.54) is 5.56 Å². The van der Waals surface area contributed by atoms with Crippen molar-refractivity contribution in [1.82, 2.24) is 30.0 Å². The minimum atomic E-state index is -4.06. The third kappa shape index (κ3) is 5.16. The number of imidazole rings is 1. The van der Waals surface area contributed by atoms with Crippen LogP contribution in [-0.2, 0) is 21.5 Å². The summed E-state index contributed by atoms with van der Waals surface area (Å²) in [5, 5.41) is 15.3. The van der Waals surface area contributed by atoms with E-state index in [0.29, 0.717) is 30.3 Å². The van der Waals surface area contributed by atoms with Gasteiger partial charge in [-0.25, -0.2) is 10.1 Å². The molecule has 2 saturated heterocycles. The van der Waals surface area contributed by atoms with Crippen molar-refractivity contribution in [3.8, 4) is 11.5 Å². The second kappa shape index (κ2) is 9.09. The van der Waals surface area contributed by atoms with Crippen LogP contribution >= 0.6 is 0 Å². The van der Waals surface area contributed by atoms with Crippen LogP contribution in [0.5, 0.6) is 0 Å². The molecule has 2 aliphatic heterocycles. The molecule has 176 valence electrons. The molecule has 2 fully saturated rings. The first-order valence-electron chi connectivity index (χ1n) is 10.9. The molecule has 0 radical (unpaired) electrons. The fourth-order valence-corrected chi connectivity index (χ4v) is 4.58. The van der Waals surface area contributed by atoms with Gasteiger partial charge in [0.25, 0.3) is 0 Å². The third-order valence-electron chi connectivity index (χ3n) is 5.80. The number of fused-ring (bicyclic) bond motifs is 1. The standard InChI is InChI=1S/C20H27N9O3S/c21-33(30,31)27-20(29-5-1-2-6-29)25-17-12-22-26-18(17)19-23-15-4-3-14(11-16(15)24-19)13-28-7-9-32-10-8-28/h3-4,11-12H,1-2,5-10,13H2,(H,22,26)(H,23,24)(H,25,27)(H2,21,30,31). The first-order chi connectivity index (χ1) is 15.9. The molecule has 33 heavy (non-hydrogen) atoms. The van der Waals surface area contributed by atoms with Gasteiger partial charge < -0.3 is 19.9 Å². The predicted octanol–water partition coefficient (Wildman–Crippen LogP) is 0.852. The summed E-state index contributed by atoms with van der Waals surface area (Å²) < 4.78 is 32.4. The van der Waals surface area contributed by atoms with Gasteiger partial charge in [-0.05, 0) is 30.5 Å². The van der Waals surface area contributed by atoms with Crippen LogP contribution in [0.1, 0.15) is 18.4 Å². The Labute approximate surface area is 191 Å². The quantitative estimate of drug-likeness (QED) is 0.314. The second-order valence-corrected chi connectivity index (χ2v) is 9.45. The van der Waals surface area contributed by atoms with E-state index in [-0.39, 0.29) is 5.96 Å². The molecule has 0 spiro atoms. The molecule has 3 aromatic rings. The maximum absolute atomic E-state index is 11.6. The van der Waals surface area contributed by atoms with E-state index in [1.54, 1.807) is 6.20 Å². The molecule has 5 rings (SSSR count). The number of aromatic nitrogens is 4. The van der Waals surface area contributed by atoms with Crippen molar-refractivity contribution in [2.24, 2.45) is 9.54 Å². The number of H-pyrrole nitrogens is 2. The van der Waals surface area contributed by atoms with E-state index in [4.69, 9.17) is 9.88 Å². The zero-order valence-corrected chi connectivity index (χ0v) is 18.9. The van der Waals surface area contributed by atoms with Crippen molar-refractivity contribution in [2.75, 3.05) is 44.7 Å². The molecule has 13 heteroatoms. The number of hydrogen-bond donors (Lipinski definition) is 4. The SMILES string of the molecule is NS(=O)(=O)N=C(Nc1cn[nH]c1-c1nc2ccc(CN3CCOCC3)cc2[nH]1)N1CCCC1. The minimum absolute atomic E-state index is 0.182. The maximum Gasteiger partial charge on any atom is 0.320 e. The molecule has 12 nitrogen and oxygen atoms in total. The fourth-order valence-electron chi connectivity index (χ4n) is 4.18. The molecule has 0 saturated carbocycles. The molecule has 1 aromatic carbocycles. The van der Waals surface area contributed by atoms with Gasteiger partial charge in [-0.2, -0.15) is 13.5 Å². The minimum Gasteiger partial charge on any atom is -0.379 e. The summed E-state index contributed by atoms with van der Waals surface area (Å²) in [5.41, 5.74) is 4.09. The Morgan fingerprint density at radius 2 is 2.00 bits per heavy atom. The summed E-state index contributed by atoms with van der Waals surface area (Å²) >= 11 is 0. The van der Waals surface area contributed by atoms with Crippen molar-refractivity contribution in [1.29, 1.82) is 0 Å². The van der Waals surface area contributed by atoms with Crippen molar-refractivity contribution >= 4 is 32.9 Å². The molecule has 5 N–H and O–H groups in total. The monoisotopic (exact) mass is 473 g/mol. The van der Waals surface area contributed by atoms with Gasteiger partial charge in [-0.1, -0.05) is 6.07 Å². The largest absolute Gasteiger partial charge is 0.379 e. The number of likely N-dealkylation sites (tertiary alicyclic amines) is 1. The van der Waals surface area contributed by atoms with Crippen molar-refractivity contribution in [3.05, 3.63) is 30.0 Å². The molecule has 0 bridgehead atoms. The summed E-state index contributed by atoms with van der Waals surface area (Å²) in [6.45, 7) is 5.63. The highest BCUT2D eigenvalue weighted by Gasteiger charge is 2.21. The van der Waals surface area contributed by atoms with Crippen LogP contribution in [0.2, 0.25) is 0 Å². The van der Waals surface area contributed by atoms with Crippen molar-refractivity contribution < 1.29 is 13.2 Å². The van der Waals surface area contributed by atoms with E-state index in [1.807, 2.05) is 11.0 Å². The Morgan fingerprint density at radius 1 is 1.21 bits per heavy atom. The molecule has 2 aliphatic rings. The Morgan fingerprint density at radius 3 is 2.76 bits per heavy atom. The van der Waals surface area contributed by atoms with E-state index in [9.17, 15) is 8.42 Å². The summed E-state index contributed by atoms with van der Waals surface area (Å²) in [4.78, 5) is 12.3. The molecule has 2 aromatic heterocycles. The van der Waals surface area contributed by atoms with Crippen LogP contribution in [0.15, 0.2) is 28.8 Å². The zero-order chi connectivity index (χ0) is 22.8. The number of morpholine rings is 1. The van der Waals surface area contributed by atoms with Crippen LogP contribution in [0.3, 0.4) is 0 Å². The Kier molecular flexibility index (Phi) is 6.01. The summed E-state index contributed by atoms with van der Waals surface area (Å²) in [6.07, 6.45) is 3.49. The van der Waals surface area contributed by atoms with Gasteiger partial charge in [0.1, 0.15) is 5.69 Å². The average molecular weight is 474 g/mol. The Bertz CT molecular complexity index is 1250. The van der Waals surface area contributed by atoms with Gasteiger partial charge in [-0.15, -0.1) is 4.40 Å². The number of ether oxygens (including phenoxy) is 1. The molecule has 0 amide bonds. The van der Waals surface area contributed by atoms with E-state index in [2.05, 4.69) is 46.9 Å². The number of guanidine groups is 1. The van der Waals surface area contributed by atoms with E-state index >= 15 is 0 Å². The lowest BCUT2D eigenvalue weighted by Crippen LogP contribution is -2.35. The average Bonchev–Trinajstić information content (AvgIpc) is 3.53. The Hall–Kier alpha value is -3.00. The second-order valence-electron chi connectivity index (χ2n) is 8.23. The fraction of sp³-hybridized carbons (Fsp3) is 0.450. The smallest absolute Gasteiger partial charge is 0.320 e. The van der Waals surface area contributed by atoms with Gasteiger partial charge in [0.05, 0.1) is 36.1 Å². The van der Waals surface area contributed by atoms with Gasteiger partial charge in [-0.3, -0.25) is 10.00 Å². The van der Waals surface area contributed by atoms with Gasteiger partial charge in [0.15, 0.2) is 5.82 Å². The number of hydrogen-bond acceptors (Lipinski definition) is 6. The lowest BCUT2D eigenvalue weighted by molar-refractivity contribution is 0.0342. The topological polar surface area (TPSA) is 158 Å². The third-order valence-corrected chi connectivity index (χ3v) is 6.23. The summed E-state index contributed by atoms with van der Waals surface area (Å²) in [6, 6.07) is 6.17. The highest BCUT2D eigenvalue weighted by molar-refractivity contribution is 7.88. The van der Waals surface area contributed by atoms with Gasteiger partial charge >= 0.3 is 10.2 Å². The number of anilines is 1. The van der Waals surface area contributed by atoms with Gasteiger partial charge in [0, 0.05) is 32.7 Å². The van der Waals surface area contributed by atoms with Crippen LogP contribution in [0.4, 0.5) is 5.69 Å². The highest BCUT2D eigenvalue weighted by atomic mass is 32.2. The number of benzene rings is 1. The molecular formula is C20H27N9O3S. The highest BCUT2D eigenvalue weighted by Crippen LogP contribution is 2.27. The van der Waals surface area contributed by atoms with Gasteiger partial charge in [0.2, 0.25) is 5.96 Å². The van der Waals surface area contributed by atoms with Crippen molar-refractivity contribution in [2.45, 2.75) is 19.4 Å². The van der Waals surface area contributed by atoms with Crippen molar-refractivity contribution in [3.63, 3.8) is 0 Å². The first kappa shape index (κ1) is 21.8. The van der Waals surface area contributed by atoms with Crippen LogP contribution in [-0.4, -0.2) is 83.7 Å². The number of rotatable bonds is 5. The molecule has 0 atom stereocenters. The summed E-state index contributed by atoms with van der Waals surface area (Å²) in [5.74, 6) is 0.770. The van der Waals surface area contributed by atoms with Crippen LogP contribution in [0.25, 0.3) is 22.6 Å². The normalized spacial score (nSPS) is 18.3. The molecular weight excluding hydrogens is 446 g/mol. The zero-order valence-electron chi connectivity index (χ0n) is 18.1. The lowest BCUT2D eigenvalue weighted by atomic mass is 10.2. The number of nitrogens with one attached hydrogen (secondary N) is 3.